The topological polar surface area (TPSA) is 48.5 Å². The van der Waals surface area contributed by atoms with Crippen LogP contribution >= 0.6 is 0 Å². The van der Waals surface area contributed by atoms with Crippen molar-refractivity contribution in [3.8, 4) is 78.9 Å². The van der Waals surface area contributed by atoms with Crippen LogP contribution in [0.2, 0.25) is 0 Å². The molecule has 3 aromatic heterocycles. The summed E-state index contributed by atoms with van der Waals surface area (Å²) in [7, 11) is 0. The molecular weight excluding hydrogens is 827 g/mol. The summed E-state index contributed by atoms with van der Waals surface area (Å²) in [5, 5.41) is 4.90. The molecule has 5 heteroatoms. The Kier molecular flexibility index (Phi) is 9.43. The molecule has 13 rings (SSSR count). The second-order valence-corrected chi connectivity index (χ2v) is 17.2. The molecule has 68 heavy (non-hydrogen) atoms. The van der Waals surface area contributed by atoms with Crippen LogP contribution in [0.4, 0.5) is 0 Å². The van der Waals surface area contributed by atoms with Crippen LogP contribution < -0.4 is 0 Å². The lowest BCUT2D eigenvalue weighted by atomic mass is 9.96. The zero-order valence-corrected chi connectivity index (χ0v) is 36.9. The monoisotopic (exact) mass is 867 g/mol. The largest absolute Gasteiger partial charge is 0.309 e. The molecule has 0 saturated carbocycles. The van der Waals surface area contributed by atoms with Gasteiger partial charge in [0.15, 0.2) is 17.5 Å². The molecule has 0 N–H and O–H groups in total. The quantitative estimate of drug-likeness (QED) is 0.153. The van der Waals surface area contributed by atoms with Gasteiger partial charge in [0, 0.05) is 49.5 Å². The third-order valence-electron chi connectivity index (χ3n) is 13.2. The van der Waals surface area contributed by atoms with Crippen LogP contribution in [-0.4, -0.2) is 24.1 Å². The highest BCUT2D eigenvalue weighted by atomic mass is 15.0. The summed E-state index contributed by atoms with van der Waals surface area (Å²) in [6.45, 7) is 0. The molecular formula is C63H41N5. The van der Waals surface area contributed by atoms with Gasteiger partial charge < -0.3 is 9.13 Å². The van der Waals surface area contributed by atoms with E-state index in [1.807, 2.05) is 18.2 Å². The molecule has 0 saturated heterocycles. The van der Waals surface area contributed by atoms with Crippen LogP contribution in [0.1, 0.15) is 0 Å². The Labute approximate surface area is 393 Å². The number of nitrogens with zero attached hydrogens (tertiary/aromatic N) is 5. The van der Waals surface area contributed by atoms with Gasteiger partial charge in [-0.2, -0.15) is 0 Å². The lowest BCUT2D eigenvalue weighted by molar-refractivity contribution is 1.07. The fourth-order valence-corrected chi connectivity index (χ4v) is 9.95. The Morgan fingerprint density at radius 2 is 0.647 bits per heavy atom. The Morgan fingerprint density at radius 3 is 1.28 bits per heavy atom. The van der Waals surface area contributed by atoms with Gasteiger partial charge in [0.05, 0.1) is 27.8 Å². The van der Waals surface area contributed by atoms with Gasteiger partial charge in [-0.05, 0) is 82.4 Å². The van der Waals surface area contributed by atoms with E-state index in [1.165, 1.54) is 43.7 Å². The molecule has 3 heterocycles. The summed E-state index contributed by atoms with van der Waals surface area (Å²) in [6.07, 6.45) is 0. The van der Waals surface area contributed by atoms with E-state index in [0.717, 1.165) is 61.4 Å². The van der Waals surface area contributed by atoms with Gasteiger partial charge in [-0.1, -0.05) is 194 Å². The van der Waals surface area contributed by atoms with E-state index >= 15 is 0 Å². The maximum absolute atomic E-state index is 5.20. The number of rotatable bonds is 8. The van der Waals surface area contributed by atoms with Gasteiger partial charge in [0.2, 0.25) is 0 Å². The molecule has 0 amide bonds. The fourth-order valence-electron chi connectivity index (χ4n) is 9.95. The van der Waals surface area contributed by atoms with Crippen molar-refractivity contribution in [3.63, 3.8) is 0 Å². The van der Waals surface area contributed by atoms with E-state index < -0.39 is 0 Å². The van der Waals surface area contributed by atoms with Gasteiger partial charge in [-0.3, -0.25) is 0 Å². The molecule has 5 nitrogen and oxygen atoms in total. The summed E-state index contributed by atoms with van der Waals surface area (Å²) >= 11 is 0. The van der Waals surface area contributed by atoms with Crippen molar-refractivity contribution in [1.29, 1.82) is 0 Å². The number of para-hydroxylation sites is 3. The summed E-state index contributed by atoms with van der Waals surface area (Å²) in [6, 6.07) is 88.2. The highest BCUT2D eigenvalue weighted by Gasteiger charge is 2.19. The molecule has 13 aromatic rings. The van der Waals surface area contributed by atoms with Crippen molar-refractivity contribution in [3.05, 3.63) is 249 Å². The molecule has 10 aromatic carbocycles. The molecule has 0 bridgehead atoms. The standard InChI is InChI=1S/C63H41N5/c1-4-17-42(18-5-1)48-36-38-60-55(41-48)53-27-12-13-28-56(53)67(60)50-24-16-23-49(39-50)63-65-61(45-21-8-3-9-22-45)64-62(66-63)46-33-31-43(32-34-46)47-35-37-59(54(40-47)44-19-6-2-7-20-44)68-57-29-14-10-25-51(57)52-26-11-15-30-58(52)68/h1-41H. The Balaban J connectivity index is 0.901. The fraction of sp³-hybridized carbons (Fsp3) is 0. The van der Waals surface area contributed by atoms with Gasteiger partial charge in [0.25, 0.3) is 0 Å². The zero-order valence-electron chi connectivity index (χ0n) is 36.9. The van der Waals surface area contributed by atoms with Crippen LogP contribution in [0.25, 0.3) is 123 Å². The summed E-state index contributed by atoms with van der Waals surface area (Å²) < 4.78 is 4.75. The molecule has 0 unspecified atom stereocenters. The van der Waals surface area contributed by atoms with Crippen molar-refractivity contribution in [2.75, 3.05) is 0 Å². The maximum Gasteiger partial charge on any atom is 0.164 e. The Bertz CT molecular complexity index is 3950. The molecule has 0 aliphatic heterocycles. The first-order valence-corrected chi connectivity index (χ1v) is 23.0. The number of fused-ring (bicyclic) bond motifs is 6. The number of hydrogen-bond acceptors (Lipinski definition) is 3. The van der Waals surface area contributed by atoms with Crippen molar-refractivity contribution in [2.45, 2.75) is 0 Å². The lowest BCUT2D eigenvalue weighted by Gasteiger charge is -2.16. The Morgan fingerprint density at radius 1 is 0.235 bits per heavy atom. The number of benzene rings is 10. The zero-order chi connectivity index (χ0) is 45.0. The summed E-state index contributed by atoms with van der Waals surface area (Å²) in [4.78, 5) is 15.4. The van der Waals surface area contributed by atoms with Crippen LogP contribution in [0.3, 0.4) is 0 Å². The first-order valence-electron chi connectivity index (χ1n) is 23.0. The second-order valence-electron chi connectivity index (χ2n) is 17.2. The number of hydrogen-bond donors (Lipinski definition) is 0. The predicted octanol–water partition coefficient (Wildman–Crippen LogP) is 16.1. The van der Waals surface area contributed by atoms with E-state index in [4.69, 9.17) is 15.0 Å². The van der Waals surface area contributed by atoms with E-state index in [-0.39, 0.29) is 0 Å². The molecule has 318 valence electrons. The van der Waals surface area contributed by atoms with Crippen molar-refractivity contribution in [2.24, 2.45) is 0 Å². The molecule has 0 atom stereocenters. The summed E-state index contributed by atoms with van der Waals surface area (Å²) in [5.41, 5.74) is 16.5. The average molecular weight is 868 g/mol. The van der Waals surface area contributed by atoms with E-state index in [9.17, 15) is 0 Å². The third kappa shape index (κ3) is 6.76. The molecule has 0 spiro atoms. The Hall–Kier alpha value is -9.19. The third-order valence-corrected chi connectivity index (χ3v) is 13.2. The van der Waals surface area contributed by atoms with Crippen LogP contribution in [0, 0.1) is 0 Å². The molecule has 0 aliphatic carbocycles. The second kappa shape index (κ2) is 16.4. The van der Waals surface area contributed by atoms with E-state index in [0.29, 0.717) is 17.5 Å². The molecule has 0 radical (unpaired) electrons. The minimum Gasteiger partial charge on any atom is -0.309 e. The SMILES string of the molecule is c1ccc(-c2ccc3c(c2)c2ccccc2n3-c2cccc(-c3nc(-c4ccccc4)nc(-c4ccc(-c5ccc(-n6c7ccccc7c7ccccc76)c(-c6ccccc6)c5)cc4)n3)c2)cc1. The van der Waals surface area contributed by atoms with Crippen molar-refractivity contribution < 1.29 is 0 Å². The summed E-state index contributed by atoms with van der Waals surface area (Å²) in [5.74, 6) is 1.85. The van der Waals surface area contributed by atoms with Gasteiger partial charge in [-0.15, -0.1) is 0 Å². The first kappa shape index (κ1) is 39.2. The average Bonchev–Trinajstić information content (AvgIpc) is 3.94. The normalized spacial score (nSPS) is 11.5. The van der Waals surface area contributed by atoms with E-state index in [1.54, 1.807) is 0 Å². The van der Waals surface area contributed by atoms with Crippen LogP contribution in [0.15, 0.2) is 249 Å². The van der Waals surface area contributed by atoms with Crippen LogP contribution in [0.5, 0.6) is 0 Å². The van der Waals surface area contributed by atoms with Crippen LogP contribution in [-0.2, 0) is 0 Å². The van der Waals surface area contributed by atoms with Gasteiger partial charge in [-0.25, -0.2) is 15.0 Å². The minimum absolute atomic E-state index is 0.611. The van der Waals surface area contributed by atoms with Crippen molar-refractivity contribution >= 4 is 43.6 Å². The number of aromatic nitrogens is 5. The van der Waals surface area contributed by atoms with Gasteiger partial charge >= 0.3 is 0 Å². The maximum atomic E-state index is 5.20. The highest BCUT2D eigenvalue weighted by Crippen LogP contribution is 2.40. The van der Waals surface area contributed by atoms with E-state index in [2.05, 4.69) is 240 Å². The lowest BCUT2D eigenvalue weighted by Crippen LogP contribution is -2.01. The molecule has 0 fully saturated rings. The smallest absolute Gasteiger partial charge is 0.164 e. The minimum atomic E-state index is 0.611. The highest BCUT2D eigenvalue weighted by molar-refractivity contribution is 6.11. The predicted molar refractivity (Wildman–Crippen MR) is 281 cm³/mol. The molecule has 0 aliphatic rings. The first-order chi connectivity index (χ1) is 33.7. The van der Waals surface area contributed by atoms with Gasteiger partial charge in [0.1, 0.15) is 0 Å². The van der Waals surface area contributed by atoms with Crippen molar-refractivity contribution in [1.82, 2.24) is 24.1 Å².